The number of ether oxygens (including phenoxy) is 1. The zero-order valence-corrected chi connectivity index (χ0v) is 32.7. The Kier molecular flexibility index (Phi) is 7.60. The zero-order chi connectivity index (χ0) is 38.4. The van der Waals surface area contributed by atoms with Gasteiger partial charge in [-0.15, -0.1) is 0 Å². The third-order valence-electron chi connectivity index (χ3n) is 14.2. The molecule has 4 heterocycles. The highest BCUT2D eigenvalue weighted by molar-refractivity contribution is 6.09. The Morgan fingerprint density at radius 1 is 0.569 bits per heavy atom. The van der Waals surface area contributed by atoms with Crippen molar-refractivity contribution in [1.29, 1.82) is 0 Å². The summed E-state index contributed by atoms with van der Waals surface area (Å²) in [5.74, 6) is 5.53. The van der Waals surface area contributed by atoms with Crippen LogP contribution in [0.4, 0.5) is 17.1 Å². The third-order valence-corrected chi connectivity index (χ3v) is 14.2. The molecule has 0 unspecified atom stereocenters. The summed E-state index contributed by atoms with van der Waals surface area (Å²) in [5.41, 5.74) is 10.8. The van der Waals surface area contributed by atoms with Crippen LogP contribution in [0.5, 0.6) is 11.5 Å². The molecule has 4 bridgehead atoms. The van der Waals surface area contributed by atoms with Crippen LogP contribution in [-0.4, -0.2) is 28.3 Å². The maximum atomic E-state index is 6.93. The maximum Gasteiger partial charge on any atom is 0.137 e. The summed E-state index contributed by atoms with van der Waals surface area (Å²) >= 11 is 0. The van der Waals surface area contributed by atoms with Gasteiger partial charge in [-0.25, -0.2) is 4.98 Å². The molecule has 0 N–H and O–H groups in total. The molecule has 6 nitrogen and oxygen atoms in total. The molecule has 3 aromatic heterocycles. The van der Waals surface area contributed by atoms with Crippen LogP contribution in [0.15, 0.2) is 158 Å². The molecule has 1 aliphatic heterocycles. The first-order valence-corrected chi connectivity index (χ1v) is 21.0. The lowest BCUT2D eigenvalue weighted by Gasteiger charge is -2.62. The molecule has 4 saturated carbocycles. The third kappa shape index (κ3) is 5.17. The summed E-state index contributed by atoms with van der Waals surface area (Å²) in [7, 11) is 2.15. The highest BCUT2D eigenvalue weighted by Crippen LogP contribution is 2.65. The second-order valence-electron chi connectivity index (χ2n) is 17.3. The summed E-state index contributed by atoms with van der Waals surface area (Å²) in [6.07, 6.45) is 12.8. The normalized spacial score (nSPS) is 23.2. The summed E-state index contributed by atoms with van der Waals surface area (Å²) in [6.45, 7) is 0.764. The number of para-hydroxylation sites is 3. The first-order valence-electron chi connectivity index (χ1n) is 21.0. The van der Waals surface area contributed by atoms with Crippen molar-refractivity contribution in [2.24, 2.45) is 23.7 Å². The summed E-state index contributed by atoms with van der Waals surface area (Å²) in [6, 6.07) is 50.4. The Balaban J connectivity index is 0.985. The van der Waals surface area contributed by atoms with Crippen molar-refractivity contribution in [3.8, 4) is 28.4 Å². The van der Waals surface area contributed by atoms with Crippen LogP contribution < -0.4 is 14.5 Å². The van der Waals surface area contributed by atoms with Gasteiger partial charge in [-0.05, 0) is 145 Å². The van der Waals surface area contributed by atoms with E-state index in [1.807, 2.05) is 12.4 Å². The molecule has 4 fully saturated rings. The van der Waals surface area contributed by atoms with Crippen LogP contribution >= 0.6 is 0 Å². The van der Waals surface area contributed by atoms with Crippen molar-refractivity contribution in [1.82, 2.24) is 14.5 Å². The average Bonchev–Trinajstić information content (AvgIpc) is 3.78. The zero-order valence-electron chi connectivity index (χ0n) is 32.7. The van der Waals surface area contributed by atoms with E-state index in [1.165, 1.54) is 65.4 Å². The lowest BCUT2D eigenvalue weighted by molar-refractivity contribution is -0.0418. The molecular formula is C52H45N5O. The van der Waals surface area contributed by atoms with Gasteiger partial charge in [0.25, 0.3) is 0 Å². The molecule has 58 heavy (non-hydrogen) atoms. The molecule has 0 saturated heterocycles. The highest BCUT2D eigenvalue weighted by Gasteiger charge is 2.58. The fourth-order valence-corrected chi connectivity index (χ4v) is 12.1. The van der Waals surface area contributed by atoms with E-state index < -0.39 is 0 Å². The number of fused-ring (bicyclic) bond motifs is 4. The number of anilines is 3. The number of hydrogen-bond acceptors (Lipinski definition) is 5. The lowest BCUT2D eigenvalue weighted by atomic mass is 9.42. The van der Waals surface area contributed by atoms with Crippen LogP contribution in [0.1, 0.15) is 43.2 Å². The summed E-state index contributed by atoms with van der Waals surface area (Å²) < 4.78 is 9.29. The molecule has 0 radical (unpaired) electrons. The second-order valence-corrected chi connectivity index (χ2v) is 17.3. The molecule has 4 aliphatic carbocycles. The Hall–Kier alpha value is -6.40. The largest absolute Gasteiger partial charge is 0.457 e. The Labute approximate surface area is 339 Å². The highest BCUT2D eigenvalue weighted by atomic mass is 16.5. The predicted molar refractivity (Wildman–Crippen MR) is 234 cm³/mol. The molecule has 0 spiro atoms. The van der Waals surface area contributed by atoms with E-state index in [2.05, 4.69) is 172 Å². The van der Waals surface area contributed by atoms with E-state index in [0.29, 0.717) is 11.8 Å². The first kappa shape index (κ1) is 33.7. The van der Waals surface area contributed by atoms with Crippen LogP contribution in [0.3, 0.4) is 0 Å². The first-order chi connectivity index (χ1) is 28.6. The van der Waals surface area contributed by atoms with Crippen LogP contribution in [0.25, 0.3) is 38.8 Å². The van der Waals surface area contributed by atoms with Gasteiger partial charge in [-0.3, -0.25) is 9.55 Å². The minimum Gasteiger partial charge on any atom is -0.457 e. The standard InChI is InChI=1S/C52H45N5O/c1-55-33-56(49-14-8-7-13-48(49)55)42-28-37(36-9-3-2-4-10-36)29-44(31-42)58-43-15-16-46-45-11-5-6-12-47(45)57(50(46)32-43)51-30-39(19-22-54-51)52(38-17-20-53-21-18-38)40-24-34-23-35(26-40)27-41(52)25-34/h2-22,28-32,34-35,40-41H,23-27,33H2,1H3. The van der Waals surface area contributed by atoms with Gasteiger partial charge in [-0.1, -0.05) is 60.7 Å². The van der Waals surface area contributed by atoms with Gasteiger partial charge in [0.2, 0.25) is 0 Å². The van der Waals surface area contributed by atoms with E-state index in [-0.39, 0.29) is 5.41 Å². The summed E-state index contributed by atoms with van der Waals surface area (Å²) in [4.78, 5) is 14.3. The lowest BCUT2D eigenvalue weighted by Crippen LogP contribution is -2.56. The minimum atomic E-state index is -0.0345. The van der Waals surface area contributed by atoms with E-state index in [9.17, 15) is 0 Å². The quantitative estimate of drug-likeness (QED) is 0.162. The smallest absolute Gasteiger partial charge is 0.137 e. The van der Waals surface area contributed by atoms with Gasteiger partial charge in [0, 0.05) is 59.6 Å². The number of pyridine rings is 2. The van der Waals surface area contributed by atoms with Gasteiger partial charge in [-0.2, -0.15) is 0 Å². The SMILES string of the molecule is CN1CN(c2cc(Oc3ccc4c5ccccc5n(-c5cc(C6(c7ccncc7)C7CC8CC(C7)CC6C8)ccn5)c4c3)cc(-c3ccccc3)c2)c2ccccc21. The number of benzene rings is 5. The number of aromatic nitrogens is 3. The fourth-order valence-electron chi connectivity index (χ4n) is 12.1. The van der Waals surface area contributed by atoms with Crippen molar-refractivity contribution in [2.45, 2.75) is 37.5 Å². The Morgan fingerprint density at radius 2 is 1.28 bits per heavy atom. The Morgan fingerprint density at radius 3 is 2.09 bits per heavy atom. The molecule has 284 valence electrons. The van der Waals surface area contributed by atoms with Gasteiger partial charge in [0.05, 0.1) is 29.1 Å². The maximum absolute atomic E-state index is 6.93. The van der Waals surface area contributed by atoms with Crippen molar-refractivity contribution in [2.75, 3.05) is 23.5 Å². The molecule has 0 amide bonds. The number of nitrogens with zero attached hydrogens (tertiary/aromatic N) is 5. The van der Waals surface area contributed by atoms with E-state index in [4.69, 9.17) is 9.72 Å². The molecule has 13 rings (SSSR count). The molecule has 5 aromatic carbocycles. The molecular weight excluding hydrogens is 711 g/mol. The van der Waals surface area contributed by atoms with Crippen molar-refractivity contribution in [3.63, 3.8) is 0 Å². The topological polar surface area (TPSA) is 46.4 Å². The van der Waals surface area contributed by atoms with Gasteiger partial charge in [0.15, 0.2) is 0 Å². The van der Waals surface area contributed by atoms with Gasteiger partial charge < -0.3 is 14.5 Å². The number of hydrogen-bond donors (Lipinski definition) is 0. The molecule has 0 atom stereocenters. The monoisotopic (exact) mass is 755 g/mol. The Bertz CT molecular complexity index is 2820. The van der Waals surface area contributed by atoms with E-state index in [1.54, 1.807) is 0 Å². The average molecular weight is 756 g/mol. The molecule has 5 aliphatic rings. The summed E-state index contributed by atoms with van der Waals surface area (Å²) in [5, 5.41) is 2.39. The van der Waals surface area contributed by atoms with E-state index >= 15 is 0 Å². The minimum absolute atomic E-state index is 0.0345. The second kappa shape index (κ2) is 13.1. The molecule has 8 aromatic rings. The van der Waals surface area contributed by atoms with Gasteiger partial charge in [0.1, 0.15) is 17.3 Å². The predicted octanol–water partition coefficient (Wildman–Crippen LogP) is 12.3. The van der Waals surface area contributed by atoms with Crippen LogP contribution in [0, 0.1) is 23.7 Å². The molecule has 6 heteroatoms. The number of rotatable bonds is 7. The van der Waals surface area contributed by atoms with Crippen LogP contribution in [0.2, 0.25) is 0 Å². The van der Waals surface area contributed by atoms with E-state index in [0.717, 1.165) is 63.7 Å². The van der Waals surface area contributed by atoms with Gasteiger partial charge >= 0.3 is 0 Å². The van der Waals surface area contributed by atoms with Crippen molar-refractivity contribution in [3.05, 3.63) is 169 Å². The fraction of sp³-hybridized carbons (Fsp3) is 0.231. The van der Waals surface area contributed by atoms with Crippen LogP contribution in [-0.2, 0) is 5.41 Å². The van der Waals surface area contributed by atoms with Crippen molar-refractivity contribution < 1.29 is 4.74 Å². The van der Waals surface area contributed by atoms with Crippen molar-refractivity contribution >= 4 is 38.9 Å².